The summed E-state index contributed by atoms with van der Waals surface area (Å²) >= 11 is 1.64. The Kier molecular flexibility index (Phi) is 3.88. The first-order valence-electron chi connectivity index (χ1n) is 7.08. The van der Waals surface area contributed by atoms with Gasteiger partial charge in [-0.15, -0.1) is 0 Å². The minimum absolute atomic E-state index is 0.296. The van der Waals surface area contributed by atoms with Crippen LogP contribution in [-0.4, -0.2) is 26.5 Å². The minimum atomic E-state index is -1.33. The fourth-order valence-electron chi connectivity index (χ4n) is 2.19. The van der Waals surface area contributed by atoms with E-state index in [0.29, 0.717) is 0 Å². The molecular formula is C16H17N3O2S. The van der Waals surface area contributed by atoms with E-state index in [9.17, 15) is 9.90 Å². The predicted octanol–water partition coefficient (Wildman–Crippen LogP) is 2.82. The quantitative estimate of drug-likeness (QED) is 0.836. The molecule has 2 aliphatic rings. The summed E-state index contributed by atoms with van der Waals surface area (Å²) in [7, 11) is 0. The molecule has 1 aliphatic carbocycles. The Morgan fingerprint density at radius 1 is 1.36 bits per heavy atom. The van der Waals surface area contributed by atoms with Gasteiger partial charge in [0.15, 0.2) is 11.6 Å². The molecule has 114 valence electrons. The molecule has 0 aromatic carbocycles. The molecule has 2 heterocycles. The van der Waals surface area contributed by atoms with Crippen LogP contribution in [0, 0.1) is 0 Å². The number of carbonyl (C=O) groups is 1. The number of nitrogens with zero attached hydrogens (tertiary/aromatic N) is 2. The third-order valence-electron chi connectivity index (χ3n) is 3.46. The largest absolute Gasteiger partial charge is 0.382 e. The second kappa shape index (κ2) is 5.70. The van der Waals surface area contributed by atoms with E-state index >= 15 is 0 Å². The molecule has 6 heteroatoms. The highest BCUT2D eigenvalue weighted by Crippen LogP contribution is 2.42. The standard InChI is InChI=1S/C16H17N3O2S/c1-16(2,21)13(20)6-4-10-3-5-12-11(9-10)19-14-15(22-12)18-8-7-17-14/h4,6-9,21H,3,5H2,1-2H3,(H,17,19)/b6-4+. The normalized spacial score (nSPS) is 17.7. The van der Waals surface area contributed by atoms with Gasteiger partial charge in [0, 0.05) is 23.0 Å². The number of carbonyl (C=O) groups excluding carboxylic acids is 1. The van der Waals surface area contributed by atoms with Crippen LogP contribution in [0.2, 0.25) is 0 Å². The molecule has 0 atom stereocenters. The number of aromatic nitrogens is 2. The maximum Gasteiger partial charge on any atom is 0.186 e. The molecule has 0 fully saturated rings. The van der Waals surface area contributed by atoms with E-state index in [1.54, 1.807) is 30.2 Å². The zero-order chi connectivity index (χ0) is 15.7. The number of rotatable bonds is 3. The smallest absolute Gasteiger partial charge is 0.186 e. The van der Waals surface area contributed by atoms with Crippen LogP contribution in [0.4, 0.5) is 5.82 Å². The Morgan fingerprint density at radius 3 is 2.91 bits per heavy atom. The number of hydrogen-bond donors (Lipinski definition) is 2. The summed E-state index contributed by atoms with van der Waals surface area (Å²) < 4.78 is 0. The lowest BCUT2D eigenvalue weighted by Crippen LogP contribution is -2.29. The highest BCUT2D eigenvalue weighted by Gasteiger charge is 2.23. The van der Waals surface area contributed by atoms with E-state index in [0.717, 1.165) is 35.0 Å². The highest BCUT2D eigenvalue weighted by molar-refractivity contribution is 8.03. The van der Waals surface area contributed by atoms with Crippen molar-refractivity contribution in [3.8, 4) is 0 Å². The van der Waals surface area contributed by atoms with Crippen molar-refractivity contribution in [1.82, 2.24) is 9.97 Å². The van der Waals surface area contributed by atoms with E-state index in [4.69, 9.17) is 0 Å². The van der Waals surface area contributed by atoms with Gasteiger partial charge in [-0.05, 0) is 44.4 Å². The maximum atomic E-state index is 11.7. The first-order chi connectivity index (χ1) is 10.4. The van der Waals surface area contributed by atoms with Crippen LogP contribution >= 0.6 is 11.8 Å². The van der Waals surface area contributed by atoms with Crippen molar-refractivity contribution in [2.24, 2.45) is 0 Å². The molecule has 1 aromatic rings. The number of hydrogen-bond acceptors (Lipinski definition) is 6. The lowest BCUT2D eigenvalue weighted by molar-refractivity contribution is -0.128. The Bertz CT molecular complexity index is 714. The number of anilines is 1. The van der Waals surface area contributed by atoms with Crippen molar-refractivity contribution in [3.63, 3.8) is 0 Å². The van der Waals surface area contributed by atoms with Gasteiger partial charge in [0.25, 0.3) is 0 Å². The lowest BCUT2D eigenvalue weighted by atomic mass is 9.99. The van der Waals surface area contributed by atoms with Crippen molar-refractivity contribution in [2.45, 2.75) is 37.3 Å². The van der Waals surface area contributed by atoms with E-state index in [1.165, 1.54) is 24.8 Å². The number of aliphatic hydroxyl groups is 1. The molecule has 0 amide bonds. The Balaban J connectivity index is 1.79. The molecule has 2 N–H and O–H groups in total. The highest BCUT2D eigenvalue weighted by atomic mass is 32.2. The van der Waals surface area contributed by atoms with Crippen LogP contribution < -0.4 is 5.32 Å². The van der Waals surface area contributed by atoms with E-state index in [1.807, 2.05) is 6.08 Å². The van der Waals surface area contributed by atoms with Crippen molar-refractivity contribution in [2.75, 3.05) is 5.32 Å². The summed E-state index contributed by atoms with van der Waals surface area (Å²) in [5, 5.41) is 13.8. The first-order valence-corrected chi connectivity index (χ1v) is 7.89. The summed E-state index contributed by atoms with van der Waals surface area (Å²) in [6.07, 6.45) is 10.4. The Hall–Kier alpha value is -1.92. The molecule has 5 nitrogen and oxygen atoms in total. The van der Waals surface area contributed by atoms with Gasteiger partial charge < -0.3 is 10.4 Å². The van der Waals surface area contributed by atoms with Crippen LogP contribution in [-0.2, 0) is 4.79 Å². The average molecular weight is 315 g/mol. The summed E-state index contributed by atoms with van der Waals surface area (Å²) in [4.78, 5) is 21.6. The predicted molar refractivity (Wildman–Crippen MR) is 86.3 cm³/mol. The average Bonchev–Trinajstić information content (AvgIpc) is 2.49. The molecule has 1 aliphatic heterocycles. The van der Waals surface area contributed by atoms with Crippen LogP contribution in [0.3, 0.4) is 0 Å². The Morgan fingerprint density at radius 2 is 2.14 bits per heavy atom. The summed E-state index contributed by atoms with van der Waals surface area (Å²) in [5.74, 6) is 0.468. The monoisotopic (exact) mass is 315 g/mol. The molecule has 22 heavy (non-hydrogen) atoms. The molecule has 1 aromatic heterocycles. The molecule has 0 spiro atoms. The number of fused-ring (bicyclic) bond motifs is 1. The van der Waals surface area contributed by atoms with Crippen LogP contribution in [0.25, 0.3) is 0 Å². The third kappa shape index (κ3) is 3.13. The van der Waals surface area contributed by atoms with E-state index in [2.05, 4.69) is 15.3 Å². The van der Waals surface area contributed by atoms with E-state index < -0.39 is 5.60 Å². The summed E-state index contributed by atoms with van der Waals surface area (Å²) in [6, 6.07) is 0. The number of ketones is 1. The summed E-state index contributed by atoms with van der Waals surface area (Å²) in [6.45, 7) is 2.98. The van der Waals surface area contributed by atoms with Gasteiger partial charge in [-0.1, -0.05) is 17.8 Å². The van der Waals surface area contributed by atoms with Crippen LogP contribution in [0.1, 0.15) is 26.7 Å². The van der Waals surface area contributed by atoms with Gasteiger partial charge in [-0.25, -0.2) is 9.97 Å². The Labute approximate surface area is 133 Å². The molecule has 0 bridgehead atoms. The van der Waals surface area contributed by atoms with Gasteiger partial charge in [-0.3, -0.25) is 4.79 Å². The number of thioether (sulfide) groups is 1. The zero-order valence-electron chi connectivity index (χ0n) is 12.5. The number of allylic oxidation sites excluding steroid dienone is 4. The van der Waals surface area contributed by atoms with Crippen molar-refractivity contribution >= 4 is 23.4 Å². The summed E-state index contributed by atoms with van der Waals surface area (Å²) in [5.41, 5.74) is 0.736. The van der Waals surface area contributed by atoms with Gasteiger partial charge in [0.1, 0.15) is 10.6 Å². The lowest BCUT2D eigenvalue weighted by Gasteiger charge is -2.24. The van der Waals surface area contributed by atoms with Gasteiger partial charge in [0.2, 0.25) is 0 Å². The molecular weight excluding hydrogens is 298 g/mol. The maximum absolute atomic E-state index is 11.7. The zero-order valence-corrected chi connectivity index (χ0v) is 13.3. The molecule has 3 rings (SSSR count). The second-order valence-corrected chi connectivity index (χ2v) is 6.83. The SMILES string of the molecule is CC(C)(O)C(=O)/C=C/C1=CC2=C(CC1)Sc1nccnc1N2. The fraction of sp³-hybridized carbons (Fsp3) is 0.312. The molecule has 0 unspecified atom stereocenters. The van der Waals surface area contributed by atoms with Crippen molar-refractivity contribution in [3.05, 3.63) is 46.8 Å². The third-order valence-corrected chi connectivity index (χ3v) is 4.62. The van der Waals surface area contributed by atoms with Crippen molar-refractivity contribution < 1.29 is 9.90 Å². The van der Waals surface area contributed by atoms with Crippen molar-refractivity contribution in [1.29, 1.82) is 0 Å². The van der Waals surface area contributed by atoms with Crippen LogP contribution in [0.15, 0.2) is 51.8 Å². The molecule has 0 saturated heterocycles. The first kappa shape index (κ1) is 15.0. The van der Waals surface area contributed by atoms with Crippen LogP contribution in [0.5, 0.6) is 0 Å². The molecule has 0 radical (unpaired) electrons. The van der Waals surface area contributed by atoms with Gasteiger partial charge in [0.05, 0.1) is 0 Å². The fourth-order valence-corrected chi connectivity index (χ4v) is 3.16. The van der Waals surface area contributed by atoms with Gasteiger partial charge >= 0.3 is 0 Å². The topological polar surface area (TPSA) is 75.1 Å². The number of nitrogens with one attached hydrogen (secondary N) is 1. The van der Waals surface area contributed by atoms with E-state index in [-0.39, 0.29) is 5.78 Å². The molecule has 0 saturated carbocycles. The van der Waals surface area contributed by atoms with Gasteiger partial charge in [-0.2, -0.15) is 0 Å². The second-order valence-electron chi connectivity index (χ2n) is 5.75. The minimum Gasteiger partial charge on any atom is -0.382 e.